The van der Waals surface area contributed by atoms with Gasteiger partial charge in [0.2, 0.25) is 5.91 Å². The van der Waals surface area contributed by atoms with Gasteiger partial charge in [-0.25, -0.2) is 4.79 Å². The van der Waals surface area contributed by atoms with E-state index in [1.165, 1.54) is 0 Å². The molecule has 0 aromatic rings. The lowest BCUT2D eigenvalue weighted by molar-refractivity contribution is -0.121. The Hall–Kier alpha value is -1.26. The lowest BCUT2D eigenvalue weighted by Gasteiger charge is -2.20. The molecule has 0 saturated carbocycles. The van der Waals surface area contributed by atoms with Gasteiger partial charge in [0.15, 0.2) is 0 Å². The first-order valence-corrected chi connectivity index (χ1v) is 5.08. The van der Waals surface area contributed by atoms with Gasteiger partial charge in [0.25, 0.3) is 0 Å². The lowest BCUT2D eigenvalue weighted by atomic mass is 10.2. The topological polar surface area (TPSA) is 67.4 Å². The van der Waals surface area contributed by atoms with Crippen molar-refractivity contribution in [1.82, 2.24) is 10.6 Å². The molecule has 0 radical (unpaired) electrons. The van der Waals surface area contributed by atoms with Gasteiger partial charge in [-0.1, -0.05) is 0 Å². The van der Waals surface area contributed by atoms with Crippen LogP contribution in [0.2, 0.25) is 0 Å². The molecule has 1 heterocycles. The van der Waals surface area contributed by atoms with Crippen molar-refractivity contribution in [3.8, 4) is 0 Å². The van der Waals surface area contributed by atoms with E-state index >= 15 is 0 Å². The van der Waals surface area contributed by atoms with Crippen molar-refractivity contribution in [2.75, 3.05) is 0 Å². The van der Waals surface area contributed by atoms with Gasteiger partial charge in [0, 0.05) is 6.04 Å². The third kappa shape index (κ3) is 3.77. The zero-order valence-corrected chi connectivity index (χ0v) is 9.59. The first-order valence-electron chi connectivity index (χ1n) is 5.08. The predicted molar refractivity (Wildman–Crippen MR) is 55.4 cm³/mol. The number of hydrogen-bond donors (Lipinski definition) is 2. The average molecular weight is 214 g/mol. The fourth-order valence-electron chi connectivity index (χ4n) is 1.44. The fraction of sp³-hybridized carbons (Fsp3) is 0.800. The molecule has 1 saturated heterocycles. The molecule has 0 aliphatic carbocycles. The van der Waals surface area contributed by atoms with Crippen LogP contribution < -0.4 is 10.6 Å². The van der Waals surface area contributed by atoms with Gasteiger partial charge >= 0.3 is 6.09 Å². The zero-order chi connectivity index (χ0) is 11.6. The Bertz CT molecular complexity index is 270. The fourth-order valence-corrected chi connectivity index (χ4v) is 1.44. The SMILES string of the molecule is C[C@@H]1C[C@H](NC(=O)OC(C)(C)C)C(=O)N1. The molecule has 2 N–H and O–H groups in total. The molecular weight excluding hydrogens is 196 g/mol. The summed E-state index contributed by atoms with van der Waals surface area (Å²) in [5.41, 5.74) is -0.537. The summed E-state index contributed by atoms with van der Waals surface area (Å²) in [4.78, 5) is 22.7. The normalized spacial score (nSPS) is 26.0. The molecule has 1 fully saturated rings. The smallest absolute Gasteiger partial charge is 0.408 e. The summed E-state index contributed by atoms with van der Waals surface area (Å²) in [7, 11) is 0. The van der Waals surface area contributed by atoms with Crippen LogP contribution >= 0.6 is 0 Å². The van der Waals surface area contributed by atoms with Gasteiger partial charge in [-0.2, -0.15) is 0 Å². The van der Waals surface area contributed by atoms with Crippen LogP contribution in [0.5, 0.6) is 0 Å². The summed E-state index contributed by atoms with van der Waals surface area (Å²) in [6, 6.07) is -0.354. The molecule has 1 rings (SSSR count). The van der Waals surface area contributed by atoms with E-state index in [1.807, 2.05) is 6.92 Å². The Morgan fingerprint density at radius 1 is 1.53 bits per heavy atom. The monoisotopic (exact) mass is 214 g/mol. The number of alkyl carbamates (subject to hydrolysis) is 1. The van der Waals surface area contributed by atoms with E-state index in [0.29, 0.717) is 6.42 Å². The van der Waals surface area contributed by atoms with E-state index in [-0.39, 0.29) is 11.9 Å². The van der Waals surface area contributed by atoms with Crippen molar-refractivity contribution >= 4 is 12.0 Å². The minimum absolute atomic E-state index is 0.109. The van der Waals surface area contributed by atoms with E-state index in [1.54, 1.807) is 20.8 Å². The van der Waals surface area contributed by atoms with Crippen LogP contribution in [0.3, 0.4) is 0 Å². The Morgan fingerprint density at radius 3 is 2.53 bits per heavy atom. The van der Waals surface area contributed by atoms with Crippen molar-refractivity contribution in [1.29, 1.82) is 0 Å². The number of hydrogen-bond acceptors (Lipinski definition) is 3. The van der Waals surface area contributed by atoms with Gasteiger partial charge in [-0.05, 0) is 34.1 Å². The second-order valence-electron chi connectivity index (χ2n) is 4.84. The Morgan fingerprint density at radius 2 is 2.13 bits per heavy atom. The summed E-state index contributed by atoms with van der Waals surface area (Å²) < 4.78 is 5.05. The maximum Gasteiger partial charge on any atom is 0.408 e. The largest absolute Gasteiger partial charge is 0.444 e. The first kappa shape index (κ1) is 11.8. The highest BCUT2D eigenvalue weighted by Crippen LogP contribution is 2.10. The van der Waals surface area contributed by atoms with E-state index in [2.05, 4.69) is 10.6 Å². The van der Waals surface area contributed by atoms with E-state index < -0.39 is 17.7 Å². The number of nitrogens with one attached hydrogen (secondary N) is 2. The van der Waals surface area contributed by atoms with E-state index in [4.69, 9.17) is 4.74 Å². The Labute approximate surface area is 89.6 Å². The average Bonchev–Trinajstić information content (AvgIpc) is 2.25. The first-order chi connectivity index (χ1) is 6.78. The maximum atomic E-state index is 11.4. The molecule has 0 spiro atoms. The molecular formula is C10H18N2O3. The summed E-state index contributed by atoms with van der Waals surface area (Å²) >= 11 is 0. The van der Waals surface area contributed by atoms with Crippen LogP contribution in [0.4, 0.5) is 4.79 Å². The highest BCUT2D eigenvalue weighted by atomic mass is 16.6. The minimum Gasteiger partial charge on any atom is -0.444 e. The highest BCUT2D eigenvalue weighted by Gasteiger charge is 2.31. The van der Waals surface area contributed by atoms with Crippen molar-refractivity contribution in [3.63, 3.8) is 0 Å². The third-order valence-electron chi connectivity index (χ3n) is 1.99. The summed E-state index contributed by atoms with van der Waals surface area (Å²) in [5.74, 6) is -0.145. The molecule has 1 aliphatic rings. The predicted octanol–water partition coefficient (Wildman–Crippen LogP) is 0.788. The summed E-state index contributed by atoms with van der Waals surface area (Å²) in [6.07, 6.45) is 0.0645. The van der Waals surface area contributed by atoms with E-state index in [9.17, 15) is 9.59 Å². The number of ether oxygens (including phenoxy) is 1. The standard InChI is InChI=1S/C10H18N2O3/c1-6-5-7(8(13)11-6)12-9(14)15-10(2,3)4/h6-7H,5H2,1-4H3,(H,11,13)(H,12,14)/t6-,7+/m1/s1. The lowest BCUT2D eigenvalue weighted by Crippen LogP contribution is -2.42. The zero-order valence-electron chi connectivity index (χ0n) is 9.59. The van der Waals surface area contributed by atoms with Crippen LogP contribution in [-0.2, 0) is 9.53 Å². The van der Waals surface area contributed by atoms with E-state index in [0.717, 1.165) is 0 Å². The van der Waals surface area contributed by atoms with Gasteiger partial charge in [-0.3, -0.25) is 4.79 Å². The van der Waals surface area contributed by atoms with Crippen molar-refractivity contribution in [3.05, 3.63) is 0 Å². The number of carbonyl (C=O) groups is 2. The van der Waals surface area contributed by atoms with Crippen molar-refractivity contribution < 1.29 is 14.3 Å². The summed E-state index contributed by atoms with van der Waals surface area (Å²) in [5, 5.41) is 5.27. The molecule has 15 heavy (non-hydrogen) atoms. The molecule has 0 aromatic heterocycles. The Balaban J connectivity index is 2.42. The number of amides is 2. The second-order valence-corrected chi connectivity index (χ2v) is 4.84. The van der Waals surface area contributed by atoms with Gasteiger partial charge in [0.05, 0.1) is 0 Å². The van der Waals surface area contributed by atoms with Crippen LogP contribution in [0.1, 0.15) is 34.1 Å². The molecule has 2 amide bonds. The molecule has 5 heteroatoms. The third-order valence-corrected chi connectivity index (χ3v) is 1.99. The summed E-state index contributed by atoms with van der Waals surface area (Å²) in [6.45, 7) is 7.24. The second kappa shape index (κ2) is 4.08. The molecule has 0 unspecified atom stereocenters. The Kier molecular flexibility index (Phi) is 3.21. The maximum absolute atomic E-state index is 11.4. The van der Waals surface area contributed by atoms with Gasteiger partial charge < -0.3 is 15.4 Å². The molecule has 0 bridgehead atoms. The quantitative estimate of drug-likeness (QED) is 0.678. The molecule has 86 valence electrons. The molecule has 1 aliphatic heterocycles. The number of rotatable bonds is 1. The van der Waals surface area contributed by atoms with Crippen LogP contribution in [0.25, 0.3) is 0 Å². The van der Waals surface area contributed by atoms with Crippen LogP contribution in [-0.4, -0.2) is 29.7 Å². The molecule has 5 nitrogen and oxygen atoms in total. The van der Waals surface area contributed by atoms with Crippen molar-refractivity contribution in [2.24, 2.45) is 0 Å². The molecule has 0 aromatic carbocycles. The van der Waals surface area contributed by atoms with Gasteiger partial charge in [0.1, 0.15) is 11.6 Å². The van der Waals surface area contributed by atoms with Gasteiger partial charge in [-0.15, -0.1) is 0 Å². The molecule has 2 atom stereocenters. The highest BCUT2D eigenvalue weighted by molar-refractivity contribution is 5.87. The van der Waals surface area contributed by atoms with Crippen LogP contribution in [0, 0.1) is 0 Å². The van der Waals surface area contributed by atoms with Crippen molar-refractivity contribution in [2.45, 2.75) is 51.8 Å². The minimum atomic E-state index is -0.545. The van der Waals surface area contributed by atoms with Crippen LogP contribution in [0.15, 0.2) is 0 Å². The number of carbonyl (C=O) groups excluding carboxylic acids is 2.